The highest BCUT2D eigenvalue weighted by Gasteiger charge is 2.07. The number of nitrogens with one attached hydrogen (secondary N) is 1. The third kappa shape index (κ3) is 1.91. The lowest BCUT2D eigenvalue weighted by molar-refractivity contribution is 1.01. The number of hydrogen-bond donors (Lipinski definition) is 1. The molecule has 0 amide bonds. The third-order valence-corrected chi connectivity index (χ3v) is 2.88. The van der Waals surface area contributed by atoms with Gasteiger partial charge in [-0.1, -0.05) is 17.7 Å². The average molecular weight is 236 g/mol. The van der Waals surface area contributed by atoms with Crippen LogP contribution in [0.2, 0.25) is 5.02 Å². The van der Waals surface area contributed by atoms with E-state index in [1.54, 1.807) is 6.20 Å². The van der Waals surface area contributed by atoms with Gasteiger partial charge in [0.15, 0.2) is 0 Å². The second kappa shape index (κ2) is 4.58. The fourth-order valence-corrected chi connectivity index (χ4v) is 1.81. The van der Waals surface area contributed by atoms with Gasteiger partial charge in [0, 0.05) is 24.0 Å². The van der Waals surface area contributed by atoms with E-state index in [0.717, 1.165) is 28.8 Å². The van der Waals surface area contributed by atoms with E-state index >= 15 is 0 Å². The molecule has 0 radical (unpaired) electrons. The second-order valence-corrected chi connectivity index (χ2v) is 3.94. The maximum atomic E-state index is 6.11. The Balaban J connectivity index is 2.50. The summed E-state index contributed by atoms with van der Waals surface area (Å²) in [4.78, 5) is 4.26. The first-order valence-electron chi connectivity index (χ1n) is 5.26. The van der Waals surface area contributed by atoms with Gasteiger partial charge in [0.05, 0.1) is 5.69 Å². The van der Waals surface area contributed by atoms with Crippen LogP contribution >= 0.6 is 11.6 Å². The number of benzene rings is 1. The lowest BCUT2D eigenvalue weighted by atomic mass is 10.2. The van der Waals surface area contributed by atoms with Gasteiger partial charge in [0.2, 0.25) is 5.95 Å². The van der Waals surface area contributed by atoms with Crippen molar-refractivity contribution in [3.63, 3.8) is 0 Å². The molecule has 4 heteroatoms. The largest absolute Gasteiger partial charge is 0.356 e. The van der Waals surface area contributed by atoms with Crippen LogP contribution in [0.3, 0.4) is 0 Å². The smallest absolute Gasteiger partial charge is 0.207 e. The summed E-state index contributed by atoms with van der Waals surface area (Å²) in [5, 5.41) is 3.98. The number of anilines is 1. The van der Waals surface area contributed by atoms with Gasteiger partial charge in [-0.15, -0.1) is 0 Å². The number of halogens is 1. The topological polar surface area (TPSA) is 29.9 Å². The Bertz CT molecular complexity index is 491. The zero-order chi connectivity index (χ0) is 11.5. The van der Waals surface area contributed by atoms with E-state index in [1.807, 2.05) is 42.8 Å². The Morgan fingerprint density at radius 1 is 1.44 bits per heavy atom. The van der Waals surface area contributed by atoms with Gasteiger partial charge in [-0.2, -0.15) is 0 Å². The predicted molar refractivity (Wildman–Crippen MR) is 67.5 cm³/mol. The van der Waals surface area contributed by atoms with Crippen LogP contribution in [0.5, 0.6) is 0 Å². The molecule has 1 heterocycles. The highest BCUT2D eigenvalue weighted by atomic mass is 35.5. The Morgan fingerprint density at radius 2 is 2.25 bits per heavy atom. The van der Waals surface area contributed by atoms with Crippen molar-refractivity contribution in [2.24, 2.45) is 0 Å². The first-order valence-corrected chi connectivity index (χ1v) is 5.64. The molecule has 0 aliphatic heterocycles. The molecule has 1 N–H and O–H groups in total. The number of hydrogen-bond acceptors (Lipinski definition) is 2. The molecule has 1 aromatic carbocycles. The van der Waals surface area contributed by atoms with Crippen LogP contribution in [0.1, 0.15) is 12.5 Å². The minimum atomic E-state index is 0.772. The van der Waals surface area contributed by atoms with Crippen molar-refractivity contribution in [2.75, 3.05) is 11.9 Å². The monoisotopic (exact) mass is 235 g/mol. The average Bonchev–Trinajstić information content (AvgIpc) is 2.71. The molecule has 2 rings (SSSR count). The van der Waals surface area contributed by atoms with E-state index in [9.17, 15) is 0 Å². The highest BCUT2D eigenvalue weighted by molar-refractivity contribution is 6.31. The van der Waals surface area contributed by atoms with Gasteiger partial charge in [-0.25, -0.2) is 4.98 Å². The first-order chi connectivity index (χ1) is 7.74. The molecular weight excluding hydrogens is 222 g/mol. The Hall–Kier alpha value is -1.48. The molecule has 0 unspecified atom stereocenters. The second-order valence-electron chi connectivity index (χ2n) is 3.54. The zero-order valence-electron chi connectivity index (χ0n) is 9.37. The molecule has 0 saturated heterocycles. The van der Waals surface area contributed by atoms with Crippen LogP contribution in [0.25, 0.3) is 5.69 Å². The van der Waals surface area contributed by atoms with Gasteiger partial charge in [0.25, 0.3) is 0 Å². The van der Waals surface area contributed by atoms with Crippen molar-refractivity contribution in [3.8, 4) is 5.69 Å². The molecule has 0 aliphatic rings. The van der Waals surface area contributed by atoms with Crippen LogP contribution in [-0.2, 0) is 0 Å². The van der Waals surface area contributed by atoms with Gasteiger partial charge in [-0.3, -0.25) is 4.57 Å². The Morgan fingerprint density at radius 3 is 3.00 bits per heavy atom. The summed E-state index contributed by atoms with van der Waals surface area (Å²) in [6.07, 6.45) is 3.70. The number of nitrogens with zero attached hydrogens (tertiary/aromatic N) is 2. The summed E-state index contributed by atoms with van der Waals surface area (Å²) in [6.45, 7) is 4.90. The minimum absolute atomic E-state index is 0.772. The summed E-state index contributed by atoms with van der Waals surface area (Å²) in [7, 11) is 0. The van der Waals surface area contributed by atoms with E-state index in [1.165, 1.54) is 0 Å². The molecule has 0 spiro atoms. The summed E-state index contributed by atoms with van der Waals surface area (Å²) in [5.74, 6) is 0.841. The molecule has 0 bridgehead atoms. The van der Waals surface area contributed by atoms with Gasteiger partial charge in [0.1, 0.15) is 0 Å². The van der Waals surface area contributed by atoms with Crippen LogP contribution in [0, 0.1) is 6.92 Å². The van der Waals surface area contributed by atoms with Crippen LogP contribution in [0.4, 0.5) is 5.95 Å². The fourth-order valence-electron chi connectivity index (χ4n) is 1.64. The molecule has 0 aliphatic carbocycles. The molecule has 1 aromatic heterocycles. The normalized spacial score (nSPS) is 10.4. The zero-order valence-corrected chi connectivity index (χ0v) is 10.1. The van der Waals surface area contributed by atoms with Gasteiger partial charge < -0.3 is 5.32 Å². The molecule has 84 valence electrons. The summed E-state index contributed by atoms with van der Waals surface area (Å²) in [5.41, 5.74) is 2.11. The lowest BCUT2D eigenvalue weighted by Crippen LogP contribution is -2.06. The van der Waals surface area contributed by atoms with E-state index in [2.05, 4.69) is 10.3 Å². The SMILES string of the molecule is CCNc1nccn1-c1cccc(Cl)c1C. The molecule has 16 heavy (non-hydrogen) atoms. The Labute approximate surface area is 100 Å². The van der Waals surface area contributed by atoms with E-state index in [4.69, 9.17) is 11.6 Å². The molecule has 0 fully saturated rings. The molecular formula is C12H14ClN3. The fraction of sp³-hybridized carbons (Fsp3) is 0.250. The number of aromatic nitrogens is 2. The third-order valence-electron chi connectivity index (χ3n) is 2.47. The lowest BCUT2D eigenvalue weighted by Gasteiger charge is -2.11. The number of rotatable bonds is 3. The maximum absolute atomic E-state index is 6.11. The molecule has 2 aromatic rings. The maximum Gasteiger partial charge on any atom is 0.207 e. The van der Waals surface area contributed by atoms with Gasteiger partial charge >= 0.3 is 0 Å². The van der Waals surface area contributed by atoms with Crippen LogP contribution in [0.15, 0.2) is 30.6 Å². The predicted octanol–water partition coefficient (Wildman–Crippen LogP) is 3.27. The van der Waals surface area contributed by atoms with Gasteiger partial charge in [-0.05, 0) is 31.5 Å². The summed E-state index contributed by atoms with van der Waals surface area (Å²) >= 11 is 6.11. The summed E-state index contributed by atoms with van der Waals surface area (Å²) in [6, 6.07) is 5.87. The van der Waals surface area contributed by atoms with Crippen LogP contribution in [-0.4, -0.2) is 16.1 Å². The van der Waals surface area contributed by atoms with Crippen molar-refractivity contribution in [1.29, 1.82) is 0 Å². The van der Waals surface area contributed by atoms with Crippen molar-refractivity contribution >= 4 is 17.5 Å². The molecule has 0 atom stereocenters. The standard InChI is InChI=1S/C12H14ClN3/c1-3-14-12-15-7-8-16(12)11-6-4-5-10(13)9(11)2/h4-8H,3H2,1-2H3,(H,14,15). The first kappa shape index (κ1) is 11.0. The van der Waals surface area contributed by atoms with E-state index in [-0.39, 0.29) is 0 Å². The highest BCUT2D eigenvalue weighted by Crippen LogP contribution is 2.24. The van der Waals surface area contributed by atoms with Crippen molar-refractivity contribution in [1.82, 2.24) is 9.55 Å². The van der Waals surface area contributed by atoms with Crippen LogP contribution < -0.4 is 5.32 Å². The molecule has 3 nitrogen and oxygen atoms in total. The molecule has 0 saturated carbocycles. The van der Waals surface area contributed by atoms with E-state index < -0.39 is 0 Å². The van der Waals surface area contributed by atoms with E-state index in [0.29, 0.717) is 0 Å². The Kier molecular flexibility index (Phi) is 3.15. The minimum Gasteiger partial charge on any atom is -0.356 e. The number of imidazole rings is 1. The summed E-state index contributed by atoms with van der Waals surface area (Å²) < 4.78 is 2.00. The quantitative estimate of drug-likeness (QED) is 0.885. The van der Waals surface area contributed by atoms with Crippen molar-refractivity contribution < 1.29 is 0 Å². The van der Waals surface area contributed by atoms with Crippen molar-refractivity contribution in [3.05, 3.63) is 41.2 Å². The van der Waals surface area contributed by atoms with Crippen molar-refractivity contribution in [2.45, 2.75) is 13.8 Å².